The molecule has 2 bridgehead atoms. The first kappa shape index (κ1) is 27.4. The Labute approximate surface area is 232 Å². The second-order valence-corrected chi connectivity index (χ2v) is 12.6. The van der Waals surface area contributed by atoms with Crippen molar-refractivity contribution >= 4 is 22.8 Å². The van der Waals surface area contributed by atoms with Crippen LogP contribution in [0.3, 0.4) is 0 Å². The fourth-order valence-corrected chi connectivity index (χ4v) is 6.87. The smallest absolute Gasteiger partial charge is 0.304 e. The molecule has 2 aromatic carbocycles. The molecular formula is C33H43N3O3. The zero-order valence-electron chi connectivity index (χ0n) is 24.1. The first-order valence-corrected chi connectivity index (χ1v) is 14.5. The summed E-state index contributed by atoms with van der Waals surface area (Å²) in [6.07, 6.45) is 4.89. The number of nitrogens with one attached hydrogen (secondary N) is 2. The molecule has 1 saturated carbocycles. The van der Waals surface area contributed by atoms with Gasteiger partial charge in [0.05, 0.1) is 17.5 Å². The Morgan fingerprint density at radius 1 is 1.08 bits per heavy atom. The molecule has 2 saturated heterocycles. The van der Waals surface area contributed by atoms with Crippen LogP contribution in [0.2, 0.25) is 0 Å². The standard InChI is InChI=1S/C33H43N3O3/c1-20-14-21(2)16-24(15-20)31-30(22(3)18-34-13-12-29(37)38)27-17-25(8-11-28(27)35-31)33(4,5)32(39)36-19-23-6-9-26(36)10-7-23/h8,11,14-17,22-23,26,34-35H,6-7,9-10,12-13,18-19H2,1-5H3,(H,37,38)/t22-,23?,26?/m1/s1. The van der Waals surface area contributed by atoms with Crippen molar-refractivity contribution in [3.05, 3.63) is 58.7 Å². The van der Waals surface area contributed by atoms with Crippen LogP contribution in [0.25, 0.3) is 22.2 Å². The zero-order chi connectivity index (χ0) is 27.9. The van der Waals surface area contributed by atoms with Gasteiger partial charge in [-0.2, -0.15) is 0 Å². The zero-order valence-corrected chi connectivity index (χ0v) is 24.1. The first-order valence-electron chi connectivity index (χ1n) is 14.5. The SMILES string of the molecule is Cc1cc(C)cc(-c2[nH]c3ccc(C(C)(C)C(=O)N4CC5CCC4CC5)cc3c2[C@H](C)CNCCC(=O)O)c1. The molecule has 1 atom stereocenters. The molecule has 0 radical (unpaired) electrons. The molecule has 3 N–H and O–H groups in total. The Bertz CT molecular complexity index is 1360. The first-order chi connectivity index (χ1) is 18.5. The summed E-state index contributed by atoms with van der Waals surface area (Å²) in [5.74, 6) is 0.237. The third-order valence-electron chi connectivity index (χ3n) is 9.04. The van der Waals surface area contributed by atoms with Crippen LogP contribution in [-0.4, -0.2) is 52.5 Å². The molecule has 6 rings (SSSR count). The van der Waals surface area contributed by atoms with Gasteiger partial charge in [-0.15, -0.1) is 0 Å². The number of carboxylic acid groups (broad SMARTS) is 1. The molecule has 208 valence electrons. The quantitative estimate of drug-likeness (QED) is 0.284. The average Bonchev–Trinajstić information content (AvgIpc) is 3.29. The lowest BCUT2D eigenvalue weighted by molar-refractivity contribution is -0.144. The lowest BCUT2D eigenvalue weighted by Crippen LogP contribution is -2.55. The molecule has 1 aliphatic carbocycles. The van der Waals surface area contributed by atoms with Crippen molar-refractivity contribution in [1.82, 2.24) is 15.2 Å². The normalized spacial score (nSPS) is 20.0. The number of aromatic amines is 1. The molecule has 39 heavy (non-hydrogen) atoms. The van der Waals surface area contributed by atoms with Gasteiger partial charge in [-0.3, -0.25) is 9.59 Å². The molecule has 1 aromatic heterocycles. The van der Waals surface area contributed by atoms with Gasteiger partial charge in [0.15, 0.2) is 0 Å². The maximum atomic E-state index is 14.0. The second-order valence-electron chi connectivity index (χ2n) is 12.6. The number of carbonyl (C=O) groups is 2. The number of aromatic nitrogens is 1. The molecule has 3 heterocycles. The number of carbonyl (C=O) groups excluding carboxylic acids is 1. The Morgan fingerprint density at radius 2 is 1.77 bits per heavy atom. The Balaban J connectivity index is 1.54. The van der Waals surface area contributed by atoms with E-state index in [4.69, 9.17) is 5.11 Å². The average molecular weight is 530 g/mol. The van der Waals surface area contributed by atoms with Gasteiger partial charge in [0, 0.05) is 36.6 Å². The van der Waals surface area contributed by atoms with Crippen molar-refractivity contribution in [3.63, 3.8) is 0 Å². The van der Waals surface area contributed by atoms with Gasteiger partial charge in [-0.1, -0.05) is 30.2 Å². The van der Waals surface area contributed by atoms with Crippen LogP contribution in [0, 0.1) is 19.8 Å². The summed E-state index contributed by atoms with van der Waals surface area (Å²) in [7, 11) is 0. The molecule has 6 heteroatoms. The van der Waals surface area contributed by atoms with Crippen LogP contribution in [-0.2, 0) is 15.0 Å². The summed E-state index contributed by atoms with van der Waals surface area (Å²) in [6.45, 7) is 12.6. The van der Waals surface area contributed by atoms with E-state index in [1.165, 1.54) is 29.5 Å². The molecule has 6 nitrogen and oxygen atoms in total. The van der Waals surface area contributed by atoms with Gasteiger partial charge in [-0.05, 0) is 106 Å². The van der Waals surface area contributed by atoms with Gasteiger partial charge >= 0.3 is 5.97 Å². The number of hydrogen-bond acceptors (Lipinski definition) is 3. The summed E-state index contributed by atoms with van der Waals surface area (Å²) in [5.41, 5.74) is 7.36. The van der Waals surface area contributed by atoms with Crippen LogP contribution >= 0.6 is 0 Å². The topological polar surface area (TPSA) is 85.4 Å². The number of benzene rings is 2. The van der Waals surface area contributed by atoms with Crippen molar-refractivity contribution in [2.45, 2.75) is 84.1 Å². The number of fused-ring (bicyclic) bond motifs is 4. The Kier molecular flexibility index (Phi) is 7.60. The number of piperidine rings is 2. The van der Waals surface area contributed by atoms with Gasteiger partial charge < -0.3 is 20.3 Å². The van der Waals surface area contributed by atoms with Crippen molar-refractivity contribution in [1.29, 1.82) is 0 Å². The number of aliphatic carboxylic acids is 1. The number of rotatable bonds is 9. The molecule has 3 aliphatic rings. The third kappa shape index (κ3) is 5.49. The highest BCUT2D eigenvalue weighted by molar-refractivity contribution is 5.94. The van der Waals surface area contributed by atoms with Crippen LogP contribution in [0.4, 0.5) is 0 Å². The van der Waals surface area contributed by atoms with E-state index >= 15 is 0 Å². The third-order valence-corrected chi connectivity index (χ3v) is 9.04. The Morgan fingerprint density at radius 3 is 2.38 bits per heavy atom. The van der Waals surface area contributed by atoms with E-state index in [2.05, 4.69) is 86.2 Å². The molecular weight excluding hydrogens is 486 g/mol. The summed E-state index contributed by atoms with van der Waals surface area (Å²) in [5, 5.41) is 13.5. The van der Waals surface area contributed by atoms with Gasteiger partial charge in [-0.25, -0.2) is 0 Å². The summed E-state index contributed by atoms with van der Waals surface area (Å²) in [4.78, 5) is 30.9. The maximum Gasteiger partial charge on any atom is 0.304 e. The van der Waals surface area contributed by atoms with E-state index in [9.17, 15) is 9.59 Å². The second kappa shape index (κ2) is 10.8. The Hall–Kier alpha value is -3.12. The van der Waals surface area contributed by atoms with Gasteiger partial charge in [0.2, 0.25) is 5.91 Å². The highest BCUT2D eigenvalue weighted by atomic mass is 16.4. The van der Waals surface area contributed by atoms with Crippen LogP contribution in [0.15, 0.2) is 36.4 Å². The monoisotopic (exact) mass is 529 g/mol. The predicted octanol–water partition coefficient (Wildman–Crippen LogP) is 6.30. The van der Waals surface area contributed by atoms with Crippen LogP contribution in [0.5, 0.6) is 0 Å². The van der Waals surface area contributed by atoms with Crippen molar-refractivity contribution in [2.75, 3.05) is 19.6 Å². The number of nitrogens with zero attached hydrogens (tertiary/aromatic N) is 1. The lowest BCUT2D eigenvalue weighted by atomic mass is 9.76. The summed E-state index contributed by atoms with van der Waals surface area (Å²) in [6, 6.07) is 13.5. The molecule has 3 fully saturated rings. The highest BCUT2D eigenvalue weighted by Crippen LogP contribution is 2.41. The molecule has 0 spiro atoms. The lowest BCUT2D eigenvalue weighted by Gasteiger charge is -2.47. The fraction of sp³-hybridized carbons (Fsp3) is 0.515. The number of amides is 1. The van der Waals surface area contributed by atoms with Crippen molar-refractivity contribution in [2.24, 2.45) is 5.92 Å². The van der Waals surface area contributed by atoms with Gasteiger partial charge in [0.25, 0.3) is 0 Å². The van der Waals surface area contributed by atoms with E-state index in [1.54, 1.807) is 0 Å². The minimum absolute atomic E-state index is 0.101. The van der Waals surface area contributed by atoms with Crippen LogP contribution < -0.4 is 5.32 Å². The van der Waals surface area contributed by atoms with E-state index in [1.807, 2.05) is 0 Å². The molecule has 2 aliphatic heterocycles. The molecule has 0 unspecified atom stereocenters. The maximum absolute atomic E-state index is 14.0. The minimum Gasteiger partial charge on any atom is -0.481 e. The fourth-order valence-electron chi connectivity index (χ4n) is 6.87. The number of carboxylic acids is 1. The predicted molar refractivity (Wildman–Crippen MR) is 157 cm³/mol. The largest absolute Gasteiger partial charge is 0.481 e. The highest BCUT2D eigenvalue weighted by Gasteiger charge is 2.42. The van der Waals surface area contributed by atoms with E-state index in [0.29, 0.717) is 25.0 Å². The van der Waals surface area contributed by atoms with E-state index in [0.717, 1.165) is 47.1 Å². The molecule has 3 aromatic rings. The summed E-state index contributed by atoms with van der Waals surface area (Å²) >= 11 is 0. The van der Waals surface area contributed by atoms with Gasteiger partial charge in [0.1, 0.15) is 0 Å². The van der Waals surface area contributed by atoms with Crippen LogP contribution in [0.1, 0.15) is 81.0 Å². The number of aryl methyl sites for hydroxylation is 2. The molecule has 1 amide bonds. The number of H-pyrrole nitrogens is 1. The number of hydrogen-bond donors (Lipinski definition) is 3. The van der Waals surface area contributed by atoms with Crippen molar-refractivity contribution in [3.8, 4) is 11.3 Å². The summed E-state index contributed by atoms with van der Waals surface area (Å²) < 4.78 is 0. The van der Waals surface area contributed by atoms with E-state index in [-0.39, 0.29) is 18.2 Å². The van der Waals surface area contributed by atoms with Crippen molar-refractivity contribution < 1.29 is 14.7 Å². The van der Waals surface area contributed by atoms with E-state index < -0.39 is 11.4 Å². The minimum atomic E-state index is -0.795.